The van der Waals surface area contributed by atoms with E-state index in [1.807, 2.05) is 24.3 Å². The van der Waals surface area contributed by atoms with Crippen LogP contribution in [0.25, 0.3) is 0 Å². The topological polar surface area (TPSA) is 6.48 Å². The first kappa shape index (κ1) is 13.4. The summed E-state index contributed by atoms with van der Waals surface area (Å²) in [5.74, 6) is 0. The van der Waals surface area contributed by atoms with Gasteiger partial charge in [-0.15, -0.1) is 26.3 Å². The Morgan fingerprint density at radius 2 is 1.00 bits per heavy atom. The van der Waals surface area contributed by atoms with Gasteiger partial charge in [-0.25, -0.2) is 0 Å². The average molecular weight is 230 g/mol. The summed E-state index contributed by atoms with van der Waals surface area (Å²) in [6.07, 6.45) is 8.77. The lowest BCUT2D eigenvalue weighted by molar-refractivity contribution is 0.419. The lowest BCUT2D eigenvalue weighted by Crippen LogP contribution is -2.21. The molecule has 0 amide bonds. The van der Waals surface area contributed by atoms with Crippen LogP contribution in [0.5, 0.6) is 0 Å². The monoisotopic (exact) mass is 230 g/mol. The van der Waals surface area contributed by atoms with Crippen molar-refractivity contribution in [2.24, 2.45) is 0 Å². The Bertz CT molecular complexity index is 287. The van der Waals surface area contributed by atoms with E-state index in [1.165, 1.54) is 11.4 Å². The molecule has 0 aliphatic heterocycles. The molecule has 0 fully saturated rings. The zero-order chi connectivity index (χ0) is 12.7. The summed E-state index contributed by atoms with van der Waals surface area (Å²) < 4.78 is 0. The van der Waals surface area contributed by atoms with Crippen LogP contribution in [0, 0.1) is 0 Å². The third-order valence-corrected chi connectivity index (χ3v) is 2.70. The highest BCUT2D eigenvalue weighted by atomic mass is 15.2. The predicted octanol–water partition coefficient (Wildman–Crippen LogP) is 2.95. The highest BCUT2D eigenvalue weighted by Gasteiger charge is 2.29. The fourth-order valence-corrected chi connectivity index (χ4v) is 1.92. The maximum atomic E-state index is 3.79. The molecule has 0 aromatic heterocycles. The van der Waals surface area contributed by atoms with E-state index in [9.17, 15) is 0 Å². The van der Waals surface area contributed by atoms with Crippen molar-refractivity contribution < 1.29 is 0 Å². The van der Waals surface area contributed by atoms with E-state index in [0.29, 0.717) is 0 Å². The fraction of sp³-hybridized carbons (Fsp3) is 0.333. The van der Waals surface area contributed by atoms with Gasteiger partial charge in [0.1, 0.15) is 0 Å². The van der Waals surface area contributed by atoms with E-state index in [1.54, 1.807) is 0 Å². The van der Waals surface area contributed by atoms with Crippen LogP contribution in [0.4, 0.5) is 0 Å². The standard InChI is InChI=1S/C15H22N2/c1-5-9-16(10-6-2)14-13-15(14)17(11-7-3)12-8-4/h5-8H,1-4,9-13H2. The zero-order valence-electron chi connectivity index (χ0n) is 10.6. The van der Waals surface area contributed by atoms with Crippen molar-refractivity contribution in [1.82, 2.24) is 9.80 Å². The molecule has 1 rings (SSSR count). The number of hydrogen-bond donors (Lipinski definition) is 0. The summed E-state index contributed by atoms with van der Waals surface area (Å²) >= 11 is 0. The van der Waals surface area contributed by atoms with Crippen LogP contribution in [-0.4, -0.2) is 36.0 Å². The molecule has 0 unspecified atom stereocenters. The third kappa shape index (κ3) is 3.66. The molecule has 0 atom stereocenters. The summed E-state index contributed by atoms with van der Waals surface area (Å²) in [4.78, 5) is 4.60. The molecule has 1 aliphatic carbocycles. The maximum Gasteiger partial charge on any atom is 0.0397 e. The van der Waals surface area contributed by atoms with Gasteiger partial charge in [0, 0.05) is 44.0 Å². The molecule has 92 valence electrons. The first-order valence-electron chi connectivity index (χ1n) is 5.94. The predicted molar refractivity (Wildman–Crippen MR) is 75.6 cm³/mol. The molecule has 1 aliphatic rings. The molecule has 0 aromatic carbocycles. The van der Waals surface area contributed by atoms with Crippen LogP contribution in [0.2, 0.25) is 0 Å². The molecule has 2 nitrogen and oxygen atoms in total. The van der Waals surface area contributed by atoms with E-state index >= 15 is 0 Å². The quantitative estimate of drug-likeness (QED) is 0.532. The molecule has 0 spiro atoms. The van der Waals surface area contributed by atoms with E-state index in [4.69, 9.17) is 0 Å². The summed E-state index contributed by atoms with van der Waals surface area (Å²) in [6, 6.07) is 0. The summed E-state index contributed by atoms with van der Waals surface area (Å²) in [6.45, 7) is 18.7. The number of rotatable bonds is 10. The van der Waals surface area contributed by atoms with E-state index in [2.05, 4.69) is 36.1 Å². The molecule has 0 bridgehead atoms. The minimum absolute atomic E-state index is 0.876. The Morgan fingerprint density at radius 1 is 0.706 bits per heavy atom. The van der Waals surface area contributed by atoms with Crippen LogP contribution in [0.3, 0.4) is 0 Å². The average Bonchev–Trinajstić information content (AvgIpc) is 3.08. The molecule has 0 radical (unpaired) electrons. The molecule has 0 saturated carbocycles. The van der Waals surface area contributed by atoms with Gasteiger partial charge in [-0.3, -0.25) is 0 Å². The summed E-state index contributed by atoms with van der Waals surface area (Å²) in [5, 5.41) is 0. The minimum Gasteiger partial charge on any atom is -0.366 e. The Labute approximate surface area is 105 Å². The Balaban J connectivity index is 2.70. The lowest BCUT2D eigenvalue weighted by Gasteiger charge is -2.19. The minimum atomic E-state index is 0.876. The smallest absolute Gasteiger partial charge is 0.0397 e. The van der Waals surface area contributed by atoms with Gasteiger partial charge in [-0.2, -0.15) is 0 Å². The van der Waals surface area contributed by atoms with Gasteiger partial charge < -0.3 is 9.80 Å². The second-order valence-corrected chi connectivity index (χ2v) is 4.03. The van der Waals surface area contributed by atoms with Gasteiger partial charge in [0.05, 0.1) is 0 Å². The van der Waals surface area contributed by atoms with Gasteiger partial charge in [0.15, 0.2) is 0 Å². The van der Waals surface area contributed by atoms with Crippen LogP contribution >= 0.6 is 0 Å². The van der Waals surface area contributed by atoms with Gasteiger partial charge >= 0.3 is 0 Å². The number of allylic oxidation sites excluding steroid dienone is 2. The zero-order valence-corrected chi connectivity index (χ0v) is 10.6. The van der Waals surface area contributed by atoms with E-state index in [-0.39, 0.29) is 0 Å². The molecular formula is C15H22N2. The highest BCUT2D eigenvalue weighted by Crippen LogP contribution is 2.36. The number of hydrogen-bond acceptors (Lipinski definition) is 2. The van der Waals surface area contributed by atoms with Gasteiger partial charge in [-0.05, 0) is 0 Å². The van der Waals surface area contributed by atoms with Crippen LogP contribution in [-0.2, 0) is 0 Å². The fourth-order valence-electron chi connectivity index (χ4n) is 1.92. The molecular weight excluding hydrogens is 208 g/mol. The third-order valence-electron chi connectivity index (χ3n) is 2.70. The maximum absolute atomic E-state index is 3.79. The van der Waals surface area contributed by atoms with Crippen LogP contribution < -0.4 is 0 Å². The number of nitrogens with zero attached hydrogens (tertiary/aromatic N) is 2. The SMILES string of the molecule is C=CCN(CC=C)C1=C(N(CC=C)CC=C)C1. The van der Waals surface area contributed by atoms with Gasteiger partial charge in [-0.1, -0.05) is 24.3 Å². The molecule has 0 aromatic rings. The second kappa shape index (κ2) is 6.79. The first-order chi connectivity index (χ1) is 8.28. The van der Waals surface area contributed by atoms with E-state index < -0.39 is 0 Å². The molecule has 0 saturated heterocycles. The first-order valence-corrected chi connectivity index (χ1v) is 5.94. The van der Waals surface area contributed by atoms with Crippen molar-refractivity contribution in [3.8, 4) is 0 Å². The molecule has 2 heteroatoms. The van der Waals surface area contributed by atoms with Crippen molar-refractivity contribution in [2.45, 2.75) is 6.42 Å². The summed E-state index contributed by atoms with van der Waals surface area (Å²) in [5.41, 5.74) is 2.79. The summed E-state index contributed by atoms with van der Waals surface area (Å²) in [7, 11) is 0. The van der Waals surface area contributed by atoms with Crippen molar-refractivity contribution in [1.29, 1.82) is 0 Å². The molecule has 17 heavy (non-hydrogen) atoms. The van der Waals surface area contributed by atoms with Crippen molar-refractivity contribution in [3.05, 3.63) is 62.0 Å². The Kier molecular flexibility index (Phi) is 5.34. The largest absolute Gasteiger partial charge is 0.366 e. The van der Waals surface area contributed by atoms with Crippen molar-refractivity contribution >= 4 is 0 Å². The lowest BCUT2D eigenvalue weighted by atomic mass is 10.4. The molecule has 0 heterocycles. The highest BCUT2D eigenvalue weighted by molar-refractivity contribution is 5.34. The van der Waals surface area contributed by atoms with Gasteiger partial charge in [0.2, 0.25) is 0 Å². The van der Waals surface area contributed by atoms with Crippen molar-refractivity contribution in [3.63, 3.8) is 0 Å². The Hall–Kier alpha value is -1.70. The normalized spacial score (nSPS) is 12.9. The Morgan fingerprint density at radius 3 is 1.24 bits per heavy atom. The molecule has 0 N–H and O–H groups in total. The second-order valence-electron chi connectivity index (χ2n) is 4.03. The van der Waals surface area contributed by atoms with Crippen molar-refractivity contribution in [2.75, 3.05) is 26.2 Å². The van der Waals surface area contributed by atoms with E-state index in [0.717, 1.165) is 32.6 Å². The van der Waals surface area contributed by atoms with Crippen LogP contribution in [0.1, 0.15) is 6.42 Å². The van der Waals surface area contributed by atoms with Crippen LogP contribution in [0.15, 0.2) is 62.0 Å². The van der Waals surface area contributed by atoms with Gasteiger partial charge in [0.25, 0.3) is 0 Å².